The largest absolute Gasteiger partial charge is 0.352 e. The standard InChI is InChI=1S/C24H30Cl2FN3O4S/c1-5-16(3)28-24(32)21(6-2)29(14-17-11-12-18(25)19(26)13-17)23(31)15-30(35(4,33)34)22-10-8-7-9-20(22)27/h7-13,16,21H,5-6,14-15H2,1-4H3,(H,28,32)/t16-,21+/m1/s1. The van der Waals surface area contributed by atoms with Gasteiger partial charge in [0.2, 0.25) is 21.8 Å². The molecule has 0 spiro atoms. The Morgan fingerprint density at radius 1 is 1.06 bits per heavy atom. The van der Waals surface area contributed by atoms with Gasteiger partial charge >= 0.3 is 0 Å². The summed E-state index contributed by atoms with van der Waals surface area (Å²) in [5.74, 6) is -1.83. The van der Waals surface area contributed by atoms with Crippen molar-refractivity contribution in [2.45, 2.75) is 52.2 Å². The quantitative estimate of drug-likeness (QED) is 0.446. The maximum atomic E-state index is 14.5. The van der Waals surface area contributed by atoms with Crippen molar-refractivity contribution in [1.82, 2.24) is 10.2 Å². The van der Waals surface area contributed by atoms with Gasteiger partial charge in [0.05, 0.1) is 22.0 Å². The molecule has 2 atom stereocenters. The molecule has 0 aliphatic heterocycles. The van der Waals surface area contributed by atoms with Crippen molar-refractivity contribution in [2.75, 3.05) is 17.1 Å². The first-order chi connectivity index (χ1) is 16.4. The highest BCUT2D eigenvalue weighted by Crippen LogP contribution is 2.25. The molecule has 0 heterocycles. The van der Waals surface area contributed by atoms with Gasteiger partial charge < -0.3 is 10.2 Å². The fourth-order valence-corrected chi connectivity index (χ4v) is 4.62. The zero-order chi connectivity index (χ0) is 26.3. The van der Waals surface area contributed by atoms with E-state index in [4.69, 9.17) is 23.2 Å². The number of carbonyl (C=O) groups is 2. The average molecular weight is 546 g/mol. The average Bonchev–Trinajstić information content (AvgIpc) is 2.79. The maximum absolute atomic E-state index is 14.5. The second kappa shape index (κ2) is 12.6. The first kappa shape index (κ1) is 28.9. The van der Waals surface area contributed by atoms with Crippen LogP contribution in [0.5, 0.6) is 0 Å². The molecule has 0 aliphatic rings. The van der Waals surface area contributed by atoms with Crippen molar-refractivity contribution in [3.05, 3.63) is 63.9 Å². The van der Waals surface area contributed by atoms with Crippen molar-refractivity contribution in [3.8, 4) is 0 Å². The predicted molar refractivity (Wildman–Crippen MR) is 138 cm³/mol. The summed E-state index contributed by atoms with van der Waals surface area (Å²) in [5.41, 5.74) is 0.342. The number of halogens is 3. The van der Waals surface area contributed by atoms with E-state index in [-0.39, 0.29) is 35.6 Å². The lowest BCUT2D eigenvalue weighted by atomic mass is 10.1. The summed E-state index contributed by atoms with van der Waals surface area (Å²) in [4.78, 5) is 27.9. The summed E-state index contributed by atoms with van der Waals surface area (Å²) in [7, 11) is -4.02. The number of nitrogens with one attached hydrogen (secondary N) is 1. The molecule has 35 heavy (non-hydrogen) atoms. The first-order valence-electron chi connectivity index (χ1n) is 11.1. The van der Waals surface area contributed by atoms with Gasteiger partial charge in [0.1, 0.15) is 18.4 Å². The number of amides is 2. The number of hydrogen-bond acceptors (Lipinski definition) is 4. The smallest absolute Gasteiger partial charge is 0.244 e. The lowest BCUT2D eigenvalue weighted by Crippen LogP contribution is -2.53. The number of sulfonamides is 1. The normalized spacial score (nSPS) is 13.1. The van der Waals surface area contributed by atoms with E-state index in [0.29, 0.717) is 21.3 Å². The van der Waals surface area contributed by atoms with E-state index in [1.807, 2.05) is 13.8 Å². The van der Waals surface area contributed by atoms with Crippen molar-refractivity contribution < 1.29 is 22.4 Å². The summed E-state index contributed by atoms with van der Waals surface area (Å²) in [6.45, 7) is 4.80. The van der Waals surface area contributed by atoms with Crippen molar-refractivity contribution in [1.29, 1.82) is 0 Å². The summed E-state index contributed by atoms with van der Waals surface area (Å²) in [5, 5.41) is 3.48. The molecule has 0 bridgehead atoms. The Bertz CT molecular complexity index is 1160. The van der Waals surface area contributed by atoms with Crippen LogP contribution in [0.1, 0.15) is 39.2 Å². The number of rotatable bonds is 11. The van der Waals surface area contributed by atoms with Crippen molar-refractivity contribution in [3.63, 3.8) is 0 Å². The van der Waals surface area contributed by atoms with Crippen LogP contribution in [0.25, 0.3) is 0 Å². The molecule has 11 heteroatoms. The number of benzene rings is 2. The summed E-state index contributed by atoms with van der Waals surface area (Å²) >= 11 is 12.1. The minimum atomic E-state index is -4.02. The molecule has 2 aromatic rings. The highest BCUT2D eigenvalue weighted by molar-refractivity contribution is 7.92. The number of nitrogens with zero attached hydrogens (tertiary/aromatic N) is 2. The van der Waals surface area contributed by atoms with Crippen molar-refractivity contribution in [2.24, 2.45) is 0 Å². The minimum absolute atomic E-state index is 0.0307. The number of anilines is 1. The van der Waals surface area contributed by atoms with E-state index in [1.54, 1.807) is 25.1 Å². The monoisotopic (exact) mass is 545 g/mol. The van der Waals surface area contributed by atoms with Crippen LogP contribution in [0.15, 0.2) is 42.5 Å². The molecule has 1 N–H and O–H groups in total. The van der Waals surface area contributed by atoms with Crippen LogP contribution in [0.4, 0.5) is 10.1 Å². The Hall–Kier alpha value is -2.36. The van der Waals surface area contributed by atoms with Gasteiger partial charge in [0, 0.05) is 12.6 Å². The zero-order valence-corrected chi connectivity index (χ0v) is 22.4. The molecule has 0 aromatic heterocycles. The van der Waals surface area contributed by atoms with E-state index in [1.165, 1.54) is 23.1 Å². The lowest BCUT2D eigenvalue weighted by Gasteiger charge is -2.33. The number of para-hydroxylation sites is 1. The molecule has 2 rings (SSSR count). The molecule has 0 fully saturated rings. The highest BCUT2D eigenvalue weighted by atomic mass is 35.5. The summed E-state index contributed by atoms with van der Waals surface area (Å²) in [6, 6.07) is 9.09. The SMILES string of the molecule is CC[C@@H](C)NC(=O)[C@H](CC)N(Cc1ccc(Cl)c(Cl)c1)C(=O)CN(c1ccccc1F)S(C)(=O)=O. The molecule has 0 aliphatic carbocycles. The molecule has 0 unspecified atom stereocenters. The molecule has 0 saturated heterocycles. The van der Waals surface area contributed by atoms with E-state index < -0.39 is 34.3 Å². The van der Waals surface area contributed by atoms with E-state index in [9.17, 15) is 22.4 Å². The third-order valence-corrected chi connectivity index (χ3v) is 7.39. The maximum Gasteiger partial charge on any atom is 0.244 e. The highest BCUT2D eigenvalue weighted by Gasteiger charge is 2.32. The zero-order valence-electron chi connectivity index (χ0n) is 20.1. The molecule has 2 amide bonds. The topological polar surface area (TPSA) is 86.8 Å². The van der Waals surface area contributed by atoms with Crippen LogP contribution in [-0.2, 0) is 26.2 Å². The van der Waals surface area contributed by atoms with Gasteiger partial charge in [0.25, 0.3) is 0 Å². The lowest BCUT2D eigenvalue weighted by molar-refractivity contribution is -0.140. The Labute approximate surface area is 216 Å². The molecular formula is C24H30Cl2FN3O4S. The molecule has 192 valence electrons. The van der Waals surface area contributed by atoms with Gasteiger partial charge in [-0.05, 0) is 49.6 Å². The third-order valence-electron chi connectivity index (χ3n) is 5.52. The number of carbonyl (C=O) groups excluding carboxylic acids is 2. The minimum Gasteiger partial charge on any atom is -0.352 e. The Morgan fingerprint density at radius 3 is 2.26 bits per heavy atom. The Balaban J connectivity index is 2.48. The Morgan fingerprint density at radius 2 is 1.71 bits per heavy atom. The number of hydrogen-bond donors (Lipinski definition) is 1. The fourth-order valence-electron chi connectivity index (χ4n) is 3.44. The molecule has 0 saturated carbocycles. The predicted octanol–water partition coefficient (Wildman–Crippen LogP) is 4.62. The van der Waals surface area contributed by atoms with Gasteiger partial charge in [-0.25, -0.2) is 12.8 Å². The van der Waals surface area contributed by atoms with Crippen LogP contribution < -0.4 is 9.62 Å². The van der Waals surface area contributed by atoms with Gasteiger partial charge in [-0.2, -0.15) is 0 Å². The van der Waals surface area contributed by atoms with Crippen molar-refractivity contribution >= 4 is 50.7 Å². The second-order valence-corrected chi connectivity index (χ2v) is 11.0. The van der Waals surface area contributed by atoms with E-state index >= 15 is 0 Å². The fraction of sp³-hybridized carbons (Fsp3) is 0.417. The van der Waals surface area contributed by atoms with E-state index in [0.717, 1.165) is 12.3 Å². The van der Waals surface area contributed by atoms with Crippen LogP contribution in [0, 0.1) is 5.82 Å². The molecular weight excluding hydrogens is 516 g/mol. The van der Waals surface area contributed by atoms with Crippen LogP contribution in [0.3, 0.4) is 0 Å². The van der Waals surface area contributed by atoms with Crippen LogP contribution in [-0.4, -0.2) is 50.0 Å². The molecule has 0 radical (unpaired) electrons. The third kappa shape index (κ3) is 7.81. The summed E-state index contributed by atoms with van der Waals surface area (Å²) in [6.07, 6.45) is 1.86. The van der Waals surface area contributed by atoms with Gasteiger partial charge in [-0.15, -0.1) is 0 Å². The molecule has 7 nitrogen and oxygen atoms in total. The van der Waals surface area contributed by atoms with Gasteiger partial charge in [0.15, 0.2) is 0 Å². The van der Waals surface area contributed by atoms with Crippen LogP contribution >= 0.6 is 23.2 Å². The van der Waals surface area contributed by atoms with E-state index in [2.05, 4.69) is 5.32 Å². The van der Waals surface area contributed by atoms with Crippen LogP contribution in [0.2, 0.25) is 10.0 Å². The summed E-state index contributed by atoms with van der Waals surface area (Å²) < 4.78 is 40.2. The second-order valence-electron chi connectivity index (χ2n) is 8.23. The van der Waals surface area contributed by atoms with Gasteiger partial charge in [-0.1, -0.05) is 55.2 Å². The van der Waals surface area contributed by atoms with Gasteiger partial charge in [-0.3, -0.25) is 13.9 Å². The first-order valence-corrected chi connectivity index (χ1v) is 13.7. The Kier molecular flexibility index (Phi) is 10.4. The molecule has 2 aromatic carbocycles.